The number of hydrogen-bond acceptors (Lipinski definition) is 4. The summed E-state index contributed by atoms with van der Waals surface area (Å²) in [4.78, 5) is 0. The van der Waals surface area contributed by atoms with Crippen molar-refractivity contribution in [1.29, 1.82) is 0 Å². The van der Waals surface area contributed by atoms with Crippen molar-refractivity contribution < 1.29 is 19.7 Å². The molecule has 3 rings (SSSR count). The molecule has 0 amide bonds. The van der Waals surface area contributed by atoms with E-state index < -0.39 is 5.60 Å². The van der Waals surface area contributed by atoms with Crippen LogP contribution in [0.3, 0.4) is 0 Å². The lowest BCUT2D eigenvalue weighted by Gasteiger charge is -2.36. The van der Waals surface area contributed by atoms with Crippen LogP contribution in [-0.2, 0) is 15.1 Å². The zero-order chi connectivity index (χ0) is 20.4. The van der Waals surface area contributed by atoms with E-state index in [0.29, 0.717) is 13.0 Å². The SMILES string of the molecule is OCCOC(CO)CCOC(c1ccccc1)(c1ccccc1)c1ccccc1. The number of aliphatic hydroxyl groups is 2. The number of benzene rings is 3. The summed E-state index contributed by atoms with van der Waals surface area (Å²) in [5, 5.41) is 18.5. The van der Waals surface area contributed by atoms with Gasteiger partial charge in [0.05, 0.1) is 32.5 Å². The maximum absolute atomic E-state index is 9.57. The summed E-state index contributed by atoms with van der Waals surface area (Å²) < 4.78 is 12.1. The molecule has 1 atom stereocenters. The minimum atomic E-state index is -0.777. The van der Waals surface area contributed by atoms with Crippen LogP contribution in [0.4, 0.5) is 0 Å². The lowest BCUT2D eigenvalue weighted by atomic mass is 9.80. The molecule has 0 heterocycles. The molecule has 3 aromatic rings. The maximum atomic E-state index is 9.57. The van der Waals surface area contributed by atoms with Crippen molar-refractivity contribution in [2.75, 3.05) is 26.4 Å². The first-order valence-electron chi connectivity index (χ1n) is 9.95. The smallest absolute Gasteiger partial charge is 0.143 e. The van der Waals surface area contributed by atoms with Gasteiger partial charge >= 0.3 is 0 Å². The summed E-state index contributed by atoms with van der Waals surface area (Å²) in [5.41, 5.74) is 2.33. The zero-order valence-corrected chi connectivity index (χ0v) is 16.5. The lowest BCUT2D eigenvalue weighted by Crippen LogP contribution is -2.34. The summed E-state index contributed by atoms with van der Waals surface area (Å²) in [7, 11) is 0. The van der Waals surface area contributed by atoms with Crippen LogP contribution in [-0.4, -0.2) is 42.7 Å². The molecule has 152 valence electrons. The highest BCUT2D eigenvalue weighted by Gasteiger charge is 2.37. The molecule has 0 aromatic heterocycles. The number of aliphatic hydroxyl groups excluding tert-OH is 2. The average Bonchev–Trinajstić information content (AvgIpc) is 2.80. The molecule has 0 saturated carbocycles. The Hall–Kier alpha value is -2.50. The monoisotopic (exact) mass is 392 g/mol. The van der Waals surface area contributed by atoms with E-state index in [0.717, 1.165) is 16.7 Å². The molecule has 0 bridgehead atoms. The van der Waals surface area contributed by atoms with Crippen molar-refractivity contribution in [2.24, 2.45) is 0 Å². The predicted molar refractivity (Wildman–Crippen MR) is 114 cm³/mol. The normalized spacial score (nSPS) is 12.6. The van der Waals surface area contributed by atoms with E-state index in [4.69, 9.17) is 14.6 Å². The van der Waals surface area contributed by atoms with E-state index in [2.05, 4.69) is 36.4 Å². The van der Waals surface area contributed by atoms with Gasteiger partial charge in [-0.05, 0) is 23.1 Å². The van der Waals surface area contributed by atoms with Crippen LogP contribution in [0, 0.1) is 0 Å². The van der Waals surface area contributed by atoms with Gasteiger partial charge in [0.2, 0.25) is 0 Å². The highest BCUT2D eigenvalue weighted by atomic mass is 16.5. The van der Waals surface area contributed by atoms with Crippen LogP contribution in [0.15, 0.2) is 91.0 Å². The number of rotatable bonds is 11. The van der Waals surface area contributed by atoms with Crippen molar-refractivity contribution in [3.63, 3.8) is 0 Å². The van der Waals surface area contributed by atoms with E-state index in [1.165, 1.54) is 0 Å². The fourth-order valence-corrected chi connectivity index (χ4v) is 3.56. The third kappa shape index (κ3) is 5.11. The molecule has 0 aliphatic carbocycles. The Kier molecular flexibility index (Phi) is 7.96. The average molecular weight is 392 g/mol. The minimum absolute atomic E-state index is 0.0701. The molecular weight excluding hydrogens is 364 g/mol. The van der Waals surface area contributed by atoms with Gasteiger partial charge in [0.1, 0.15) is 5.60 Å². The third-order valence-corrected chi connectivity index (χ3v) is 4.95. The highest BCUT2D eigenvalue weighted by Crippen LogP contribution is 2.40. The summed E-state index contributed by atoms with van der Waals surface area (Å²) >= 11 is 0. The third-order valence-electron chi connectivity index (χ3n) is 4.95. The summed E-state index contributed by atoms with van der Waals surface area (Å²) in [6.07, 6.45) is 0.146. The summed E-state index contributed by atoms with van der Waals surface area (Å²) in [6.45, 7) is 0.402. The van der Waals surface area contributed by atoms with Crippen LogP contribution in [0.2, 0.25) is 0 Å². The Bertz CT molecular complexity index is 725. The topological polar surface area (TPSA) is 58.9 Å². The fraction of sp³-hybridized carbons (Fsp3) is 0.280. The standard InChI is InChI=1S/C25H28O4/c26-17-19-28-24(20-27)16-18-29-25(21-10-4-1-5-11-21,22-12-6-2-7-13-22)23-14-8-3-9-15-23/h1-15,24,26-27H,16-20H2. The Morgan fingerprint density at radius 2 is 1.10 bits per heavy atom. The second kappa shape index (κ2) is 10.9. The molecule has 29 heavy (non-hydrogen) atoms. The maximum Gasteiger partial charge on any atom is 0.143 e. The number of hydrogen-bond donors (Lipinski definition) is 2. The van der Waals surface area contributed by atoms with Gasteiger partial charge in [-0.15, -0.1) is 0 Å². The van der Waals surface area contributed by atoms with E-state index in [1.807, 2.05) is 54.6 Å². The molecule has 0 fully saturated rings. The van der Waals surface area contributed by atoms with Crippen LogP contribution in [0.25, 0.3) is 0 Å². The molecule has 0 saturated heterocycles. The Morgan fingerprint density at radius 1 is 0.655 bits per heavy atom. The van der Waals surface area contributed by atoms with E-state index in [-0.39, 0.29) is 25.9 Å². The van der Waals surface area contributed by atoms with E-state index >= 15 is 0 Å². The summed E-state index contributed by atoms with van der Waals surface area (Å²) in [6, 6.07) is 30.5. The van der Waals surface area contributed by atoms with Crippen molar-refractivity contribution >= 4 is 0 Å². The van der Waals surface area contributed by atoms with Gasteiger partial charge in [0, 0.05) is 0 Å². The van der Waals surface area contributed by atoms with Crippen molar-refractivity contribution in [3.8, 4) is 0 Å². The molecule has 0 spiro atoms. The van der Waals surface area contributed by atoms with Crippen molar-refractivity contribution in [3.05, 3.63) is 108 Å². The lowest BCUT2D eigenvalue weighted by molar-refractivity contribution is -0.0449. The minimum Gasteiger partial charge on any atom is -0.394 e. The first kappa shape index (κ1) is 21.2. The van der Waals surface area contributed by atoms with Gasteiger partial charge in [0.25, 0.3) is 0 Å². The van der Waals surface area contributed by atoms with Gasteiger partial charge in [-0.25, -0.2) is 0 Å². The molecule has 4 heteroatoms. The molecule has 0 radical (unpaired) electrons. The van der Waals surface area contributed by atoms with Crippen molar-refractivity contribution in [2.45, 2.75) is 18.1 Å². The number of ether oxygens (including phenoxy) is 2. The van der Waals surface area contributed by atoms with Crippen LogP contribution < -0.4 is 0 Å². The van der Waals surface area contributed by atoms with Crippen LogP contribution >= 0.6 is 0 Å². The van der Waals surface area contributed by atoms with E-state index in [9.17, 15) is 5.11 Å². The molecule has 0 aliphatic heterocycles. The second-order valence-corrected chi connectivity index (χ2v) is 6.82. The van der Waals surface area contributed by atoms with Crippen molar-refractivity contribution in [1.82, 2.24) is 0 Å². The quantitative estimate of drug-likeness (QED) is 0.488. The first-order valence-corrected chi connectivity index (χ1v) is 9.95. The Balaban J connectivity index is 1.99. The molecule has 2 N–H and O–H groups in total. The predicted octanol–water partition coefficient (Wildman–Crippen LogP) is 3.76. The van der Waals surface area contributed by atoms with Gasteiger partial charge in [-0.1, -0.05) is 91.0 Å². The Labute approximate surface area is 172 Å². The molecule has 3 aromatic carbocycles. The van der Waals surface area contributed by atoms with Gasteiger partial charge in [0.15, 0.2) is 0 Å². The molecule has 4 nitrogen and oxygen atoms in total. The fourth-order valence-electron chi connectivity index (χ4n) is 3.56. The first-order chi connectivity index (χ1) is 14.3. The summed E-state index contributed by atoms with van der Waals surface area (Å²) in [5.74, 6) is 0. The second-order valence-electron chi connectivity index (χ2n) is 6.82. The van der Waals surface area contributed by atoms with Gasteiger partial charge in [-0.3, -0.25) is 0 Å². The molecular formula is C25H28O4. The largest absolute Gasteiger partial charge is 0.394 e. The molecule has 0 aliphatic rings. The zero-order valence-electron chi connectivity index (χ0n) is 16.5. The Morgan fingerprint density at radius 3 is 1.48 bits per heavy atom. The molecule has 1 unspecified atom stereocenters. The van der Waals surface area contributed by atoms with Crippen LogP contribution in [0.1, 0.15) is 23.1 Å². The van der Waals surface area contributed by atoms with Crippen LogP contribution in [0.5, 0.6) is 0 Å². The van der Waals surface area contributed by atoms with Gasteiger partial charge < -0.3 is 19.7 Å². The van der Waals surface area contributed by atoms with E-state index in [1.54, 1.807) is 0 Å². The van der Waals surface area contributed by atoms with Gasteiger partial charge in [-0.2, -0.15) is 0 Å². The highest BCUT2D eigenvalue weighted by molar-refractivity contribution is 5.47.